The van der Waals surface area contributed by atoms with Crippen molar-refractivity contribution in [3.8, 4) is 11.5 Å². The Balaban J connectivity index is 2.13. The number of aromatic carboxylic acids is 1. The number of aromatic nitrogens is 2. The molecule has 3 heterocycles. The van der Waals surface area contributed by atoms with Gasteiger partial charge in [-0.05, 0) is 35.9 Å². The highest BCUT2D eigenvalue weighted by atomic mass is 35.5. The van der Waals surface area contributed by atoms with Crippen molar-refractivity contribution in [1.29, 1.82) is 0 Å². The molecular formula is C12H7ClN2O3. The van der Waals surface area contributed by atoms with E-state index in [9.17, 15) is 4.79 Å². The van der Waals surface area contributed by atoms with E-state index in [4.69, 9.17) is 21.1 Å². The number of fused-ring (bicyclic) bond motifs is 1. The highest BCUT2D eigenvalue weighted by Crippen LogP contribution is 2.24. The third-order valence-electron chi connectivity index (χ3n) is 2.53. The fourth-order valence-corrected chi connectivity index (χ4v) is 1.83. The van der Waals surface area contributed by atoms with Crippen LogP contribution in [0.5, 0.6) is 0 Å². The van der Waals surface area contributed by atoms with E-state index in [2.05, 4.69) is 4.98 Å². The van der Waals surface area contributed by atoms with Crippen LogP contribution in [-0.4, -0.2) is 20.5 Å². The molecule has 0 aliphatic rings. The summed E-state index contributed by atoms with van der Waals surface area (Å²) in [4.78, 5) is 15.1. The zero-order chi connectivity index (χ0) is 12.7. The first-order chi connectivity index (χ1) is 8.63. The number of hydrogen-bond donors (Lipinski definition) is 1. The second kappa shape index (κ2) is 3.89. The lowest BCUT2D eigenvalue weighted by Crippen LogP contribution is -1.96. The van der Waals surface area contributed by atoms with Crippen LogP contribution in [0.15, 0.2) is 41.1 Å². The van der Waals surface area contributed by atoms with Gasteiger partial charge in [-0.15, -0.1) is 0 Å². The smallest absolute Gasteiger partial charge is 0.335 e. The summed E-state index contributed by atoms with van der Waals surface area (Å²) in [5.41, 5.74) is 1.33. The molecule has 0 unspecified atom stereocenters. The van der Waals surface area contributed by atoms with Crippen molar-refractivity contribution >= 4 is 23.2 Å². The fraction of sp³-hybridized carbons (Fsp3) is 0. The van der Waals surface area contributed by atoms with Crippen LogP contribution in [0.1, 0.15) is 10.4 Å². The molecule has 0 amide bonds. The molecule has 0 aliphatic carbocycles. The number of carbonyl (C=O) groups is 1. The van der Waals surface area contributed by atoms with Gasteiger partial charge < -0.3 is 13.9 Å². The summed E-state index contributed by atoms with van der Waals surface area (Å²) in [7, 11) is 0. The number of hydrogen-bond acceptors (Lipinski definition) is 3. The molecule has 3 rings (SSSR count). The van der Waals surface area contributed by atoms with Crippen LogP contribution in [0.25, 0.3) is 17.1 Å². The molecule has 18 heavy (non-hydrogen) atoms. The van der Waals surface area contributed by atoms with Crippen molar-refractivity contribution in [2.24, 2.45) is 0 Å². The molecule has 0 aromatic carbocycles. The monoisotopic (exact) mass is 262 g/mol. The highest BCUT2D eigenvalue weighted by molar-refractivity contribution is 6.28. The molecule has 3 aromatic rings. The van der Waals surface area contributed by atoms with Gasteiger partial charge in [-0.3, -0.25) is 0 Å². The summed E-state index contributed by atoms with van der Waals surface area (Å²) in [6.45, 7) is 0. The average molecular weight is 263 g/mol. The second-order valence-electron chi connectivity index (χ2n) is 3.72. The van der Waals surface area contributed by atoms with Crippen LogP contribution in [0.2, 0.25) is 5.22 Å². The van der Waals surface area contributed by atoms with Gasteiger partial charge in [-0.25, -0.2) is 9.78 Å². The maximum absolute atomic E-state index is 10.9. The quantitative estimate of drug-likeness (QED) is 0.771. The van der Waals surface area contributed by atoms with Gasteiger partial charge in [0.15, 0.2) is 11.0 Å². The van der Waals surface area contributed by atoms with E-state index in [0.717, 1.165) is 0 Å². The van der Waals surface area contributed by atoms with E-state index >= 15 is 0 Å². The van der Waals surface area contributed by atoms with Crippen molar-refractivity contribution < 1.29 is 14.3 Å². The van der Waals surface area contributed by atoms with Crippen LogP contribution in [-0.2, 0) is 0 Å². The minimum atomic E-state index is -0.983. The van der Waals surface area contributed by atoms with Crippen LogP contribution in [0, 0.1) is 0 Å². The number of carboxylic acid groups (broad SMARTS) is 1. The van der Waals surface area contributed by atoms with E-state index in [-0.39, 0.29) is 10.8 Å². The number of pyridine rings is 1. The van der Waals surface area contributed by atoms with Gasteiger partial charge in [-0.1, -0.05) is 0 Å². The van der Waals surface area contributed by atoms with Crippen molar-refractivity contribution in [3.63, 3.8) is 0 Å². The Morgan fingerprint density at radius 2 is 2.22 bits per heavy atom. The minimum absolute atomic E-state index is 0.192. The van der Waals surface area contributed by atoms with E-state index in [0.29, 0.717) is 17.1 Å². The summed E-state index contributed by atoms with van der Waals surface area (Å²) >= 11 is 5.70. The van der Waals surface area contributed by atoms with E-state index in [1.54, 1.807) is 28.9 Å². The van der Waals surface area contributed by atoms with Gasteiger partial charge in [0.25, 0.3) is 0 Å². The normalized spacial score (nSPS) is 10.9. The Bertz CT molecular complexity index is 745. The summed E-state index contributed by atoms with van der Waals surface area (Å²) in [5, 5.41) is 9.18. The van der Waals surface area contributed by atoms with Crippen LogP contribution in [0.4, 0.5) is 0 Å². The average Bonchev–Trinajstić information content (AvgIpc) is 2.93. The molecule has 0 atom stereocenters. The number of imidazole rings is 1. The lowest BCUT2D eigenvalue weighted by atomic mass is 10.3. The minimum Gasteiger partial charge on any atom is -0.478 e. The van der Waals surface area contributed by atoms with Crippen LogP contribution < -0.4 is 0 Å². The third kappa shape index (κ3) is 1.74. The first kappa shape index (κ1) is 10.9. The standard InChI is InChI=1S/C12H7ClN2O3/c13-10-2-1-9(18-10)8-6-15-4-3-7(12(16)17)5-11(15)14-8/h1-6H,(H,16,17). The third-order valence-corrected chi connectivity index (χ3v) is 2.74. The van der Waals surface area contributed by atoms with Gasteiger partial charge >= 0.3 is 5.97 Å². The topological polar surface area (TPSA) is 67.7 Å². The number of halogens is 1. The fourth-order valence-electron chi connectivity index (χ4n) is 1.69. The molecule has 6 heteroatoms. The first-order valence-corrected chi connectivity index (χ1v) is 5.49. The molecule has 0 aliphatic heterocycles. The Kier molecular flexibility index (Phi) is 2.34. The summed E-state index contributed by atoms with van der Waals surface area (Å²) in [6, 6.07) is 6.35. The van der Waals surface area contributed by atoms with Crippen LogP contribution in [0.3, 0.4) is 0 Å². The Morgan fingerprint density at radius 1 is 1.39 bits per heavy atom. The van der Waals surface area contributed by atoms with E-state index in [1.807, 2.05) is 0 Å². The molecule has 3 aromatic heterocycles. The molecule has 0 fully saturated rings. The van der Waals surface area contributed by atoms with Crippen molar-refractivity contribution in [1.82, 2.24) is 9.38 Å². The summed E-state index contributed by atoms with van der Waals surface area (Å²) < 4.78 is 6.97. The van der Waals surface area contributed by atoms with Crippen LogP contribution >= 0.6 is 11.6 Å². The van der Waals surface area contributed by atoms with E-state index in [1.165, 1.54) is 12.1 Å². The Labute approximate surface area is 106 Å². The second-order valence-corrected chi connectivity index (χ2v) is 4.09. The van der Waals surface area contributed by atoms with Crippen molar-refractivity contribution in [2.45, 2.75) is 0 Å². The number of rotatable bonds is 2. The van der Waals surface area contributed by atoms with E-state index < -0.39 is 5.97 Å². The van der Waals surface area contributed by atoms with Crippen molar-refractivity contribution in [2.75, 3.05) is 0 Å². The maximum atomic E-state index is 10.9. The van der Waals surface area contributed by atoms with Gasteiger partial charge in [-0.2, -0.15) is 0 Å². The number of nitrogens with zero attached hydrogens (tertiary/aromatic N) is 2. The molecule has 0 spiro atoms. The zero-order valence-electron chi connectivity index (χ0n) is 9.00. The number of furan rings is 1. The van der Waals surface area contributed by atoms with Crippen molar-refractivity contribution in [3.05, 3.63) is 47.4 Å². The first-order valence-electron chi connectivity index (χ1n) is 5.11. The Morgan fingerprint density at radius 3 is 2.89 bits per heavy atom. The molecule has 0 saturated heterocycles. The Hall–Kier alpha value is -2.27. The van der Waals surface area contributed by atoms with Gasteiger partial charge in [0.05, 0.1) is 5.56 Å². The van der Waals surface area contributed by atoms with Gasteiger partial charge in [0, 0.05) is 12.4 Å². The largest absolute Gasteiger partial charge is 0.478 e. The summed E-state index contributed by atoms with van der Waals surface area (Å²) in [6.07, 6.45) is 3.38. The summed E-state index contributed by atoms with van der Waals surface area (Å²) in [5.74, 6) is -0.441. The molecule has 1 N–H and O–H groups in total. The SMILES string of the molecule is O=C(O)c1ccn2cc(-c3ccc(Cl)o3)nc2c1. The van der Waals surface area contributed by atoms with Gasteiger partial charge in [0.1, 0.15) is 11.3 Å². The lowest BCUT2D eigenvalue weighted by molar-refractivity contribution is 0.0697. The molecule has 0 bridgehead atoms. The molecule has 5 nitrogen and oxygen atoms in total. The predicted octanol–water partition coefficient (Wildman–Crippen LogP) is 2.95. The molecule has 90 valence electrons. The molecular weight excluding hydrogens is 256 g/mol. The molecule has 0 saturated carbocycles. The number of carboxylic acids is 1. The highest BCUT2D eigenvalue weighted by Gasteiger charge is 2.10. The van der Waals surface area contributed by atoms with Gasteiger partial charge in [0.2, 0.25) is 0 Å². The lowest BCUT2D eigenvalue weighted by Gasteiger charge is -1.94. The maximum Gasteiger partial charge on any atom is 0.335 e. The zero-order valence-corrected chi connectivity index (χ0v) is 9.76. The molecule has 0 radical (unpaired) electrons. The predicted molar refractivity (Wildman–Crippen MR) is 64.9 cm³/mol.